The third kappa shape index (κ3) is 2.47. The van der Waals surface area contributed by atoms with Crippen molar-refractivity contribution in [1.82, 2.24) is 0 Å². The summed E-state index contributed by atoms with van der Waals surface area (Å²) in [5.74, 6) is 0. The smallest absolute Gasteiger partial charge is 1.00 e. The topological polar surface area (TPSA) is 0 Å². The maximum Gasteiger partial charge on any atom is 2.00 e. The van der Waals surface area contributed by atoms with Gasteiger partial charge in [0.1, 0.15) is 0 Å². The predicted molar refractivity (Wildman–Crippen MR) is 53.5 cm³/mol. The zero-order chi connectivity index (χ0) is 8.67. The summed E-state index contributed by atoms with van der Waals surface area (Å²) in [4.78, 5) is 0. The van der Waals surface area contributed by atoms with Gasteiger partial charge in [-0.2, -0.15) is 29.8 Å². The van der Waals surface area contributed by atoms with E-state index in [1.165, 1.54) is 22.3 Å². The molecule has 0 aromatic heterocycles. The zero-order valence-electron chi connectivity index (χ0n) is 8.45. The van der Waals surface area contributed by atoms with Crippen LogP contribution in [-0.2, 0) is 25.0 Å². The van der Waals surface area contributed by atoms with Crippen LogP contribution in [0.1, 0.15) is 11.1 Å². The van der Waals surface area contributed by atoms with Gasteiger partial charge in [0.05, 0.1) is 0 Å². The summed E-state index contributed by atoms with van der Waals surface area (Å²) < 4.78 is 0. The summed E-state index contributed by atoms with van der Waals surface area (Å²) in [5, 5.41) is 0. The maximum absolute atomic E-state index is 3.30. The van der Waals surface area contributed by atoms with E-state index in [0.29, 0.717) is 0 Å². The fourth-order valence-corrected chi connectivity index (χ4v) is 2.00. The molecule has 0 heterocycles. The first kappa shape index (κ1) is 15.6. The second kappa shape index (κ2) is 6.37. The first-order chi connectivity index (χ1) is 6.45. The number of benzene rings is 2. The van der Waals surface area contributed by atoms with Crippen LogP contribution in [0, 0.1) is 6.07 Å². The van der Waals surface area contributed by atoms with E-state index in [1.807, 2.05) is 6.07 Å². The summed E-state index contributed by atoms with van der Waals surface area (Å²) >= 11 is 0. The van der Waals surface area contributed by atoms with Crippen molar-refractivity contribution in [1.29, 1.82) is 0 Å². The summed E-state index contributed by atoms with van der Waals surface area (Å²) in [6, 6.07) is 18.1. The quantitative estimate of drug-likeness (QED) is 0.388. The molecule has 0 atom stereocenters. The molecule has 0 spiro atoms. The van der Waals surface area contributed by atoms with Gasteiger partial charge in [0, 0.05) is 0 Å². The van der Waals surface area contributed by atoms with Gasteiger partial charge in [-0.3, -0.25) is 0 Å². The molecule has 0 fully saturated rings. The maximum atomic E-state index is 3.30. The number of rotatable bonds is 0. The van der Waals surface area contributed by atoms with Crippen LogP contribution in [0.25, 0.3) is 11.1 Å². The van der Waals surface area contributed by atoms with E-state index in [2.05, 4.69) is 42.5 Å². The van der Waals surface area contributed by atoms with Crippen LogP contribution >= 0.6 is 0 Å². The monoisotopic (exact) mass is 286 g/mol. The van der Waals surface area contributed by atoms with Crippen molar-refractivity contribution in [2.24, 2.45) is 0 Å². The molecule has 1 aliphatic carbocycles. The normalized spacial score (nSPS) is 10.0. The van der Waals surface area contributed by atoms with Crippen LogP contribution in [0.5, 0.6) is 0 Å². The average Bonchev–Trinajstić information content (AvgIpc) is 2.56. The van der Waals surface area contributed by atoms with Crippen LogP contribution in [0.4, 0.5) is 0 Å². The molecular weight excluding hydrogens is 278 g/mol. The van der Waals surface area contributed by atoms with E-state index in [-0.39, 0.29) is 43.4 Å². The van der Waals surface area contributed by atoms with Gasteiger partial charge in [-0.1, -0.05) is 35.4 Å². The zero-order valence-corrected chi connectivity index (χ0v) is 11.4. The van der Waals surface area contributed by atoms with Gasteiger partial charge in [-0.15, -0.1) is 5.56 Å². The van der Waals surface area contributed by atoms with E-state index in [4.69, 9.17) is 0 Å². The van der Waals surface area contributed by atoms with Crippen molar-refractivity contribution in [2.45, 2.75) is 6.42 Å². The van der Waals surface area contributed by atoms with Gasteiger partial charge in [0.15, 0.2) is 0 Å². The Balaban J connectivity index is 0.000000750. The van der Waals surface area contributed by atoms with Gasteiger partial charge in [0.2, 0.25) is 0 Å². The molecule has 3 rings (SSSR count). The molecule has 3 heteroatoms. The molecule has 1 aliphatic rings. The molecule has 0 saturated carbocycles. The van der Waals surface area contributed by atoms with Crippen molar-refractivity contribution in [3.05, 3.63) is 59.7 Å². The van der Waals surface area contributed by atoms with Crippen molar-refractivity contribution in [3.63, 3.8) is 0 Å². The predicted octanol–water partition coefficient (Wildman–Crippen LogP) is -2.94. The summed E-state index contributed by atoms with van der Waals surface area (Å²) in [6.07, 6.45) is 1.05. The number of halogens is 2. The van der Waals surface area contributed by atoms with Crippen LogP contribution in [-0.4, -0.2) is 0 Å². The van der Waals surface area contributed by atoms with E-state index >= 15 is 0 Å². The Kier molecular flexibility index (Phi) is 6.21. The summed E-state index contributed by atoms with van der Waals surface area (Å²) in [6.45, 7) is 0. The van der Waals surface area contributed by atoms with Gasteiger partial charge in [-0.05, 0) is 6.42 Å². The van der Waals surface area contributed by atoms with Crippen molar-refractivity contribution in [3.8, 4) is 11.1 Å². The summed E-state index contributed by atoms with van der Waals surface area (Å²) in [5.41, 5.74) is 5.51. The number of hydrogen-bond acceptors (Lipinski definition) is 0. The third-order valence-electron chi connectivity index (χ3n) is 2.62. The molecular formula is C13H9Cl2V-. The molecule has 2 aromatic rings. The second-order valence-electron chi connectivity index (χ2n) is 3.40. The molecule has 0 aliphatic heterocycles. The first-order valence-electron chi connectivity index (χ1n) is 4.53. The molecule has 1 radical (unpaired) electrons. The molecule has 0 nitrogen and oxygen atoms in total. The average molecular weight is 287 g/mol. The minimum Gasteiger partial charge on any atom is -1.00 e. The Hall–Kier alpha value is -0.396. The first-order valence-corrected chi connectivity index (χ1v) is 4.53. The van der Waals surface area contributed by atoms with Crippen molar-refractivity contribution in [2.75, 3.05) is 0 Å². The van der Waals surface area contributed by atoms with Crippen molar-refractivity contribution < 1.29 is 43.4 Å². The van der Waals surface area contributed by atoms with Gasteiger partial charge >= 0.3 is 18.6 Å². The second-order valence-corrected chi connectivity index (χ2v) is 3.40. The molecule has 16 heavy (non-hydrogen) atoms. The van der Waals surface area contributed by atoms with E-state index < -0.39 is 0 Å². The van der Waals surface area contributed by atoms with Crippen LogP contribution < -0.4 is 24.8 Å². The minimum absolute atomic E-state index is 0. The van der Waals surface area contributed by atoms with Crippen molar-refractivity contribution >= 4 is 0 Å². The molecule has 0 bridgehead atoms. The molecule has 2 aromatic carbocycles. The summed E-state index contributed by atoms with van der Waals surface area (Å²) in [7, 11) is 0. The Morgan fingerprint density at radius 2 is 1.56 bits per heavy atom. The third-order valence-corrected chi connectivity index (χ3v) is 2.62. The van der Waals surface area contributed by atoms with E-state index in [1.54, 1.807) is 0 Å². The molecule has 81 valence electrons. The number of fused-ring (bicyclic) bond motifs is 3. The van der Waals surface area contributed by atoms with Crippen LogP contribution in [0.2, 0.25) is 0 Å². The molecule has 0 unspecified atom stereocenters. The standard InChI is InChI=1S/C13H9.2ClH.V/c1-3-7-12-10(5-1)9-11-6-2-4-8-13(11)12;;;/h1-5,7-8H,9H2;2*1H;/q-1;;;+2/p-2. The Morgan fingerprint density at radius 3 is 2.38 bits per heavy atom. The fraction of sp³-hybridized carbons (Fsp3) is 0.0769. The Labute approximate surface area is 120 Å². The fourth-order valence-electron chi connectivity index (χ4n) is 2.00. The largest absolute Gasteiger partial charge is 2.00 e. The van der Waals surface area contributed by atoms with Crippen LogP contribution in [0.3, 0.4) is 0 Å². The van der Waals surface area contributed by atoms with Gasteiger partial charge in [-0.25, -0.2) is 0 Å². The molecule has 0 saturated heterocycles. The van der Waals surface area contributed by atoms with E-state index in [0.717, 1.165) is 6.42 Å². The molecule has 0 N–H and O–H groups in total. The minimum atomic E-state index is 0. The van der Waals surface area contributed by atoms with Crippen LogP contribution in [0.15, 0.2) is 42.5 Å². The Bertz CT molecular complexity index is 425. The van der Waals surface area contributed by atoms with Gasteiger partial charge < -0.3 is 24.8 Å². The van der Waals surface area contributed by atoms with E-state index in [9.17, 15) is 0 Å². The number of hydrogen-bond donors (Lipinski definition) is 0. The Morgan fingerprint density at radius 1 is 0.875 bits per heavy atom. The SMILES string of the molecule is [Cl-].[Cl-].[V+2].[c-]1cccc2c1Cc1ccccc1-2. The van der Waals surface area contributed by atoms with Gasteiger partial charge in [0.25, 0.3) is 0 Å². The molecule has 0 amide bonds.